The number of rotatable bonds is 3. The van der Waals surface area contributed by atoms with E-state index in [1.54, 1.807) is 0 Å². The monoisotopic (exact) mass is 149 g/mol. The van der Waals surface area contributed by atoms with Crippen molar-refractivity contribution in [2.75, 3.05) is 0 Å². The Hall–Kier alpha value is 0.0649. The summed E-state index contributed by atoms with van der Waals surface area (Å²) in [6, 6.07) is 0. The molecule has 0 aromatic heterocycles. The molecule has 61 valence electrons. The lowest BCUT2D eigenvalue weighted by Gasteiger charge is -2.23. The van der Waals surface area contributed by atoms with Crippen LogP contribution in [0.5, 0.6) is 0 Å². The van der Waals surface area contributed by atoms with Gasteiger partial charge in [0.15, 0.2) is 0 Å². The van der Waals surface area contributed by atoms with Crippen LogP contribution in [-0.4, -0.2) is 7.28 Å². The summed E-state index contributed by atoms with van der Waals surface area (Å²) in [6.07, 6.45) is 2.92. The molecular weight excluding hydrogens is 131 g/mol. The highest BCUT2D eigenvalue weighted by atomic mass is 14.7. The van der Waals surface area contributed by atoms with Gasteiger partial charge in [0.2, 0.25) is 0 Å². The van der Waals surface area contributed by atoms with E-state index in [1.165, 1.54) is 12.7 Å². The quantitative estimate of drug-likeness (QED) is 0.541. The molecule has 0 aliphatic heterocycles. The second-order valence-corrected chi connectivity index (χ2v) is 4.70. The van der Waals surface area contributed by atoms with Gasteiger partial charge in [0.1, 0.15) is 7.28 Å². The Bertz CT molecular complexity index is 153. The highest BCUT2D eigenvalue weighted by Crippen LogP contribution is 2.68. The van der Waals surface area contributed by atoms with Crippen molar-refractivity contribution in [1.82, 2.24) is 0 Å². The molecule has 0 heterocycles. The van der Waals surface area contributed by atoms with Crippen molar-refractivity contribution in [2.24, 2.45) is 29.6 Å². The molecule has 0 saturated heterocycles. The van der Waals surface area contributed by atoms with Gasteiger partial charge in [0, 0.05) is 0 Å². The summed E-state index contributed by atoms with van der Waals surface area (Å²) < 4.78 is 0. The molecule has 0 nitrogen and oxygen atoms in total. The summed E-state index contributed by atoms with van der Waals surface area (Å²) in [5.74, 6) is 5.44. The van der Waals surface area contributed by atoms with Crippen LogP contribution in [0.15, 0.2) is 0 Å². The first kappa shape index (κ1) is 7.70. The molecular formula is C10H18B. The van der Waals surface area contributed by atoms with Crippen LogP contribution in [0.2, 0.25) is 13.1 Å². The molecule has 0 spiro atoms. The van der Waals surface area contributed by atoms with Gasteiger partial charge in [0.25, 0.3) is 0 Å². The Labute approximate surface area is 71.0 Å². The molecule has 0 aromatic carbocycles. The van der Waals surface area contributed by atoms with Crippen LogP contribution in [0.1, 0.15) is 20.3 Å². The maximum Gasteiger partial charge on any atom is 0.106 e. The van der Waals surface area contributed by atoms with Gasteiger partial charge in [0.05, 0.1) is 0 Å². The molecule has 11 heavy (non-hydrogen) atoms. The molecule has 2 aliphatic carbocycles. The molecule has 1 radical (unpaired) electrons. The zero-order valence-corrected chi connectivity index (χ0v) is 7.88. The summed E-state index contributed by atoms with van der Waals surface area (Å²) >= 11 is 0. The maximum atomic E-state index is 2.38. The molecule has 0 bridgehead atoms. The van der Waals surface area contributed by atoms with Gasteiger partial charge in [-0.3, -0.25) is 0 Å². The van der Waals surface area contributed by atoms with Crippen molar-refractivity contribution >= 4 is 7.28 Å². The predicted octanol–water partition coefficient (Wildman–Crippen LogP) is 2.70. The second kappa shape index (κ2) is 2.53. The minimum Gasteiger partial charge on any atom is -0.0920 e. The van der Waals surface area contributed by atoms with Crippen molar-refractivity contribution in [3.63, 3.8) is 0 Å². The lowest BCUT2D eigenvalue weighted by atomic mass is 9.66. The highest BCUT2D eigenvalue weighted by Gasteiger charge is 2.62. The van der Waals surface area contributed by atoms with Crippen LogP contribution < -0.4 is 0 Å². The van der Waals surface area contributed by atoms with Crippen LogP contribution >= 0.6 is 0 Å². The Morgan fingerprint density at radius 2 is 2.18 bits per heavy atom. The molecule has 2 saturated carbocycles. The molecule has 2 fully saturated rings. The average molecular weight is 149 g/mol. The molecule has 0 N–H and O–H groups in total. The van der Waals surface area contributed by atoms with E-state index in [-0.39, 0.29) is 0 Å². The van der Waals surface area contributed by atoms with Gasteiger partial charge < -0.3 is 0 Å². The van der Waals surface area contributed by atoms with Gasteiger partial charge in [-0.1, -0.05) is 27.0 Å². The van der Waals surface area contributed by atoms with E-state index in [9.17, 15) is 0 Å². The minimum atomic E-state index is 0.951. The van der Waals surface area contributed by atoms with Crippen LogP contribution in [0, 0.1) is 29.6 Å². The fourth-order valence-electron chi connectivity index (χ4n) is 3.21. The highest BCUT2D eigenvalue weighted by molar-refractivity contribution is 6.33. The topological polar surface area (TPSA) is 0 Å². The third-order valence-corrected chi connectivity index (χ3v) is 3.72. The van der Waals surface area contributed by atoms with Gasteiger partial charge in [-0.05, 0) is 36.0 Å². The molecule has 0 aromatic rings. The average Bonchev–Trinajstić information content (AvgIpc) is 2.51. The third kappa shape index (κ3) is 1.04. The fraction of sp³-hybridized carbons (Fsp3) is 1.00. The van der Waals surface area contributed by atoms with E-state index in [0.29, 0.717) is 0 Å². The number of hydrogen-bond acceptors (Lipinski definition) is 0. The molecule has 4 atom stereocenters. The summed E-state index contributed by atoms with van der Waals surface area (Å²) in [5.41, 5.74) is 0. The van der Waals surface area contributed by atoms with Crippen LogP contribution in [0.3, 0.4) is 0 Å². The summed E-state index contributed by atoms with van der Waals surface area (Å²) in [5, 5.41) is 0. The Balaban J connectivity index is 1.81. The first-order valence-corrected chi connectivity index (χ1v) is 5.03. The van der Waals surface area contributed by atoms with E-state index >= 15 is 0 Å². The normalized spacial score (nSPS) is 46.5. The molecule has 2 rings (SSSR count). The van der Waals surface area contributed by atoms with E-state index in [2.05, 4.69) is 28.0 Å². The zero-order chi connectivity index (χ0) is 8.01. The van der Waals surface area contributed by atoms with Gasteiger partial charge in [-0.2, -0.15) is 0 Å². The maximum absolute atomic E-state index is 2.38. The van der Waals surface area contributed by atoms with Crippen molar-refractivity contribution in [2.45, 2.75) is 33.4 Å². The lowest BCUT2D eigenvalue weighted by Crippen LogP contribution is -2.16. The fourth-order valence-corrected chi connectivity index (χ4v) is 3.21. The van der Waals surface area contributed by atoms with Crippen molar-refractivity contribution in [3.8, 4) is 0 Å². The minimum absolute atomic E-state index is 0.951. The van der Waals surface area contributed by atoms with Crippen LogP contribution in [0.25, 0.3) is 0 Å². The van der Waals surface area contributed by atoms with E-state index in [0.717, 1.165) is 29.6 Å². The Kier molecular flexibility index (Phi) is 1.77. The van der Waals surface area contributed by atoms with E-state index in [1.807, 2.05) is 0 Å². The first-order valence-electron chi connectivity index (χ1n) is 5.03. The number of hydrogen-bond donors (Lipinski definition) is 0. The molecule has 2 aliphatic rings. The second-order valence-electron chi connectivity index (χ2n) is 4.70. The lowest BCUT2D eigenvalue weighted by molar-refractivity contribution is 0.315. The molecule has 1 heteroatoms. The van der Waals surface area contributed by atoms with Crippen molar-refractivity contribution in [3.05, 3.63) is 0 Å². The van der Waals surface area contributed by atoms with E-state index in [4.69, 9.17) is 0 Å². The van der Waals surface area contributed by atoms with Gasteiger partial charge in [-0.15, -0.1) is 0 Å². The van der Waals surface area contributed by atoms with Gasteiger partial charge in [-0.25, -0.2) is 0 Å². The predicted molar refractivity (Wildman–Crippen MR) is 49.8 cm³/mol. The van der Waals surface area contributed by atoms with Crippen LogP contribution in [0.4, 0.5) is 0 Å². The Morgan fingerprint density at radius 3 is 2.64 bits per heavy atom. The van der Waals surface area contributed by atoms with Gasteiger partial charge >= 0.3 is 0 Å². The molecule has 4 unspecified atom stereocenters. The number of fused-ring (bicyclic) bond motifs is 1. The zero-order valence-electron chi connectivity index (χ0n) is 7.88. The largest absolute Gasteiger partial charge is 0.106 e. The van der Waals surface area contributed by atoms with Crippen LogP contribution in [-0.2, 0) is 0 Å². The SMILES string of the molecule is C[B]CC1CC2C(C(C)C)C12. The van der Waals surface area contributed by atoms with Crippen molar-refractivity contribution in [1.29, 1.82) is 0 Å². The summed E-state index contributed by atoms with van der Waals surface area (Å²) in [7, 11) is 2.34. The molecule has 0 amide bonds. The smallest absolute Gasteiger partial charge is 0.0920 e. The first-order chi connectivity index (χ1) is 5.25. The standard InChI is InChI=1S/C10H18B/c1-6(2)9-8-4-7(5-11-3)10(8)9/h6-10H,4-5H2,1-3H3. The Morgan fingerprint density at radius 1 is 1.45 bits per heavy atom. The summed E-state index contributed by atoms with van der Waals surface area (Å²) in [6.45, 7) is 6.96. The van der Waals surface area contributed by atoms with E-state index < -0.39 is 0 Å². The third-order valence-electron chi connectivity index (χ3n) is 3.72. The van der Waals surface area contributed by atoms with Crippen molar-refractivity contribution < 1.29 is 0 Å². The summed E-state index contributed by atoms with van der Waals surface area (Å²) in [4.78, 5) is 0.